The highest BCUT2D eigenvalue weighted by molar-refractivity contribution is 7.99. The van der Waals surface area contributed by atoms with Crippen molar-refractivity contribution >= 4 is 29.3 Å². The molecule has 1 aromatic carbocycles. The van der Waals surface area contributed by atoms with Gasteiger partial charge in [0.15, 0.2) is 0 Å². The molecule has 1 N–H and O–H groups in total. The SMILES string of the molecule is O=C(N[C@@H]1CCSc2ccccc21)C12C[C@H]3C[C@@H](CC(Cl)(C3)C1)C2. The summed E-state index contributed by atoms with van der Waals surface area (Å²) in [5.74, 6) is 2.71. The fourth-order valence-corrected chi connectivity index (χ4v) is 8.04. The Hall–Kier alpha value is -0.670. The Bertz CT molecular complexity index is 676. The van der Waals surface area contributed by atoms with Crippen molar-refractivity contribution in [3.8, 4) is 0 Å². The summed E-state index contributed by atoms with van der Waals surface area (Å²) in [5.41, 5.74) is 1.11. The van der Waals surface area contributed by atoms with E-state index in [1.807, 2.05) is 11.8 Å². The number of rotatable bonds is 2. The van der Waals surface area contributed by atoms with Crippen molar-refractivity contribution in [1.29, 1.82) is 0 Å². The molecule has 128 valence electrons. The Morgan fingerprint density at radius 3 is 2.67 bits per heavy atom. The number of fused-ring (bicyclic) bond motifs is 1. The largest absolute Gasteiger partial charge is 0.349 e. The molecule has 6 rings (SSSR count). The van der Waals surface area contributed by atoms with Crippen molar-refractivity contribution in [1.82, 2.24) is 5.32 Å². The summed E-state index contributed by atoms with van der Waals surface area (Å²) in [7, 11) is 0. The minimum atomic E-state index is -0.189. The topological polar surface area (TPSA) is 29.1 Å². The van der Waals surface area contributed by atoms with Crippen molar-refractivity contribution in [2.45, 2.75) is 60.8 Å². The summed E-state index contributed by atoms with van der Waals surface area (Å²) in [6.07, 6.45) is 7.60. The highest BCUT2D eigenvalue weighted by atomic mass is 35.5. The van der Waals surface area contributed by atoms with Gasteiger partial charge in [-0.15, -0.1) is 23.4 Å². The highest BCUT2D eigenvalue weighted by Crippen LogP contribution is 2.64. The fourth-order valence-electron chi connectivity index (χ4n) is 6.22. The predicted molar refractivity (Wildman–Crippen MR) is 98.4 cm³/mol. The summed E-state index contributed by atoms with van der Waals surface area (Å²) in [5, 5.41) is 3.44. The molecule has 1 aromatic rings. The normalized spacial score (nSPS) is 42.6. The number of alkyl halides is 1. The summed E-state index contributed by atoms with van der Waals surface area (Å²) < 4.78 is 0. The number of halogens is 1. The van der Waals surface area contributed by atoms with Gasteiger partial charge in [0.05, 0.1) is 11.5 Å². The standard InChI is InChI=1S/C20H24ClNOS/c21-20-10-13-7-14(11-20)9-19(8-13,12-20)18(23)22-16-5-6-24-17-4-2-1-3-15(16)17/h1-4,13-14,16H,5-12H2,(H,22,23)/t13-,14-,16-,19?,20?/m1/s1. The maximum atomic E-state index is 13.3. The third-order valence-corrected chi connectivity index (χ3v) is 8.30. The van der Waals surface area contributed by atoms with Gasteiger partial charge in [-0.3, -0.25) is 4.79 Å². The zero-order valence-electron chi connectivity index (χ0n) is 13.9. The molecular formula is C20H24ClNOS. The zero-order chi connectivity index (χ0) is 16.4. The molecule has 4 saturated carbocycles. The van der Waals surface area contributed by atoms with Crippen LogP contribution < -0.4 is 5.32 Å². The van der Waals surface area contributed by atoms with Crippen molar-refractivity contribution in [3.63, 3.8) is 0 Å². The van der Waals surface area contributed by atoms with Crippen LogP contribution in [0.25, 0.3) is 0 Å². The van der Waals surface area contributed by atoms with E-state index in [-0.39, 0.29) is 22.2 Å². The van der Waals surface area contributed by atoms with Gasteiger partial charge in [0.2, 0.25) is 5.91 Å². The first kappa shape index (κ1) is 15.6. The number of thioether (sulfide) groups is 1. The molecule has 0 aromatic heterocycles. The Labute approximate surface area is 153 Å². The van der Waals surface area contributed by atoms with Crippen LogP contribution in [-0.4, -0.2) is 16.5 Å². The van der Waals surface area contributed by atoms with Gasteiger partial charge < -0.3 is 5.32 Å². The number of carbonyl (C=O) groups is 1. The van der Waals surface area contributed by atoms with Crippen LogP contribution in [0.3, 0.4) is 0 Å². The second-order valence-electron chi connectivity index (χ2n) is 8.59. The summed E-state index contributed by atoms with van der Waals surface area (Å²) in [6, 6.07) is 8.70. The quantitative estimate of drug-likeness (QED) is 0.757. The first-order valence-electron chi connectivity index (χ1n) is 9.27. The molecule has 24 heavy (non-hydrogen) atoms. The van der Waals surface area contributed by atoms with E-state index < -0.39 is 0 Å². The average Bonchev–Trinajstić information content (AvgIpc) is 2.53. The summed E-state index contributed by atoms with van der Waals surface area (Å²) >= 11 is 8.81. The Kier molecular flexibility index (Phi) is 3.51. The minimum absolute atomic E-state index is 0.0955. The lowest BCUT2D eigenvalue weighted by molar-refractivity contribution is -0.145. The number of benzene rings is 1. The van der Waals surface area contributed by atoms with Gasteiger partial charge in [0.25, 0.3) is 0 Å². The van der Waals surface area contributed by atoms with Gasteiger partial charge in [-0.25, -0.2) is 0 Å². The van der Waals surface area contributed by atoms with Crippen molar-refractivity contribution in [3.05, 3.63) is 29.8 Å². The van der Waals surface area contributed by atoms with Gasteiger partial charge in [0.1, 0.15) is 0 Å². The number of carbonyl (C=O) groups excluding carboxylic acids is 1. The van der Waals surface area contributed by atoms with Crippen molar-refractivity contribution in [2.75, 3.05) is 5.75 Å². The van der Waals surface area contributed by atoms with E-state index in [2.05, 4.69) is 29.6 Å². The molecule has 4 aliphatic carbocycles. The molecule has 0 radical (unpaired) electrons. The van der Waals surface area contributed by atoms with Crippen molar-refractivity contribution in [2.24, 2.45) is 17.3 Å². The molecule has 4 heteroatoms. The van der Waals surface area contributed by atoms with Crippen LogP contribution in [0.4, 0.5) is 0 Å². The molecule has 0 spiro atoms. The van der Waals surface area contributed by atoms with E-state index in [0.717, 1.165) is 44.3 Å². The van der Waals surface area contributed by atoms with Crippen molar-refractivity contribution < 1.29 is 4.79 Å². The van der Waals surface area contributed by atoms with Gasteiger partial charge in [-0.05, 0) is 68.4 Å². The first-order valence-corrected chi connectivity index (χ1v) is 10.6. The van der Waals surface area contributed by atoms with E-state index in [1.54, 1.807) is 0 Å². The monoisotopic (exact) mass is 361 g/mol. The average molecular weight is 362 g/mol. The lowest BCUT2D eigenvalue weighted by Crippen LogP contribution is -2.58. The molecule has 4 bridgehead atoms. The first-order chi connectivity index (χ1) is 11.6. The van der Waals surface area contributed by atoms with E-state index in [1.165, 1.54) is 16.9 Å². The molecular weight excluding hydrogens is 338 g/mol. The van der Waals surface area contributed by atoms with Crippen LogP contribution in [-0.2, 0) is 4.79 Å². The number of amides is 1. The molecule has 1 amide bonds. The lowest BCUT2D eigenvalue weighted by atomic mass is 9.49. The van der Waals surface area contributed by atoms with Gasteiger partial charge in [-0.2, -0.15) is 0 Å². The summed E-state index contributed by atoms with van der Waals surface area (Å²) in [4.78, 5) is 14.6. The van der Waals surface area contributed by atoms with E-state index >= 15 is 0 Å². The van der Waals surface area contributed by atoms with Gasteiger partial charge in [-0.1, -0.05) is 18.2 Å². The molecule has 1 heterocycles. The predicted octanol–water partition coefficient (Wildman–Crippen LogP) is 4.92. The second kappa shape index (κ2) is 5.41. The van der Waals surface area contributed by atoms with Crippen LogP contribution in [0.2, 0.25) is 0 Å². The molecule has 3 atom stereocenters. The van der Waals surface area contributed by atoms with E-state index in [0.29, 0.717) is 11.8 Å². The third kappa shape index (κ3) is 2.42. The molecule has 0 unspecified atom stereocenters. The Morgan fingerprint density at radius 2 is 1.92 bits per heavy atom. The van der Waals surface area contributed by atoms with Crippen LogP contribution in [0, 0.1) is 17.3 Å². The molecule has 4 fully saturated rings. The highest BCUT2D eigenvalue weighted by Gasteiger charge is 2.60. The van der Waals surface area contributed by atoms with Gasteiger partial charge in [0, 0.05) is 15.5 Å². The summed E-state index contributed by atoms with van der Waals surface area (Å²) in [6.45, 7) is 0. The number of hydrogen-bond acceptors (Lipinski definition) is 2. The molecule has 1 aliphatic heterocycles. The molecule has 5 aliphatic rings. The van der Waals surface area contributed by atoms with Crippen LogP contribution >= 0.6 is 23.4 Å². The smallest absolute Gasteiger partial charge is 0.226 e. The maximum Gasteiger partial charge on any atom is 0.226 e. The Balaban J connectivity index is 1.40. The van der Waals surface area contributed by atoms with E-state index in [9.17, 15) is 4.79 Å². The van der Waals surface area contributed by atoms with Gasteiger partial charge >= 0.3 is 0 Å². The second-order valence-corrected chi connectivity index (χ2v) is 10.5. The van der Waals surface area contributed by atoms with Crippen LogP contribution in [0.15, 0.2) is 29.2 Å². The molecule has 2 nitrogen and oxygen atoms in total. The minimum Gasteiger partial charge on any atom is -0.349 e. The van der Waals surface area contributed by atoms with Crippen LogP contribution in [0.5, 0.6) is 0 Å². The fraction of sp³-hybridized carbons (Fsp3) is 0.650. The lowest BCUT2D eigenvalue weighted by Gasteiger charge is -2.59. The number of nitrogens with one attached hydrogen (secondary N) is 1. The Morgan fingerprint density at radius 1 is 1.17 bits per heavy atom. The zero-order valence-corrected chi connectivity index (χ0v) is 15.5. The van der Waals surface area contributed by atoms with Crippen LogP contribution in [0.1, 0.15) is 56.6 Å². The molecule has 0 saturated heterocycles. The maximum absolute atomic E-state index is 13.3. The third-order valence-electron chi connectivity index (χ3n) is 6.74. The van der Waals surface area contributed by atoms with E-state index in [4.69, 9.17) is 11.6 Å². The number of hydrogen-bond donors (Lipinski definition) is 1.